The predicted molar refractivity (Wildman–Crippen MR) is 52.5 cm³/mol. The summed E-state index contributed by atoms with van der Waals surface area (Å²) in [6.45, 7) is 1.56. The number of benzene rings is 1. The molecule has 0 aliphatic heterocycles. The lowest BCUT2D eigenvalue weighted by Gasteiger charge is -2.16. The minimum atomic E-state index is -0.974. The highest BCUT2D eigenvalue weighted by atomic mass is 19.1. The maximum atomic E-state index is 12.6. The van der Waals surface area contributed by atoms with E-state index in [9.17, 15) is 14.3 Å². The lowest BCUT2D eigenvalue weighted by Crippen LogP contribution is -2.20. The van der Waals surface area contributed by atoms with E-state index < -0.39 is 18.0 Å². The molecular formula is C11H13FO3. The second kappa shape index (κ2) is 4.89. The first-order valence-electron chi connectivity index (χ1n) is 4.57. The zero-order chi connectivity index (χ0) is 11.4. The van der Waals surface area contributed by atoms with Gasteiger partial charge in [-0.25, -0.2) is 4.39 Å². The van der Waals surface area contributed by atoms with Crippen LogP contribution in [0.4, 0.5) is 4.39 Å². The van der Waals surface area contributed by atoms with Crippen LogP contribution in [0, 0.1) is 11.7 Å². The minimum absolute atomic E-state index is 0.378. The summed E-state index contributed by atoms with van der Waals surface area (Å²) >= 11 is 0. The van der Waals surface area contributed by atoms with Crippen LogP contribution in [0.15, 0.2) is 24.3 Å². The molecule has 0 fully saturated rings. The Kier molecular flexibility index (Phi) is 3.80. The Bertz CT molecular complexity index is 334. The lowest BCUT2D eigenvalue weighted by molar-refractivity contribution is -0.148. The van der Waals surface area contributed by atoms with Gasteiger partial charge in [0.1, 0.15) is 5.82 Å². The van der Waals surface area contributed by atoms with Gasteiger partial charge in [-0.05, 0) is 24.6 Å². The number of methoxy groups -OCH3 is 1. The highest BCUT2D eigenvalue weighted by Gasteiger charge is 2.23. The van der Waals surface area contributed by atoms with Crippen molar-refractivity contribution >= 4 is 5.97 Å². The lowest BCUT2D eigenvalue weighted by atomic mass is 9.98. The third kappa shape index (κ3) is 2.76. The maximum Gasteiger partial charge on any atom is 0.311 e. The van der Waals surface area contributed by atoms with E-state index in [0.29, 0.717) is 5.56 Å². The first-order chi connectivity index (χ1) is 7.06. The van der Waals surface area contributed by atoms with Crippen molar-refractivity contribution < 1.29 is 19.0 Å². The molecule has 1 aromatic rings. The molecule has 1 rings (SSSR count). The summed E-state index contributed by atoms with van der Waals surface area (Å²) in [5.41, 5.74) is 0.495. The molecule has 0 unspecified atom stereocenters. The largest absolute Gasteiger partial charge is 0.469 e. The summed E-state index contributed by atoms with van der Waals surface area (Å²) in [5, 5.41) is 9.76. The van der Waals surface area contributed by atoms with E-state index >= 15 is 0 Å². The van der Waals surface area contributed by atoms with Crippen LogP contribution in [0.1, 0.15) is 18.6 Å². The predicted octanol–water partition coefficient (Wildman–Crippen LogP) is 1.67. The van der Waals surface area contributed by atoms with E-state index in [1.807, 2.05) is 0 Å². The molecule has 0 bridgehead atoms. The number of carbonyl (C=O) groups excluding carboxylic acids is 1. The molecule has 0 aliphatic rings. The van der Waals surface area contributed by atoms with Gasteiger partial charge in [-0.15, -0.1) is 0 Å². The number of rotatable bonds is 3. The monoisotopic (exact) mass is 212 g/mol. The molecule has 2 atom stereocenters. The van der Waals surface area contributed by atoms with Gasteiger partial charge in [-0.1, -0.05) is 12.1 Å². The van der Waals surface area contributed by atoms with E-state index in [1.165, 1.54) is 31.4 Å². The Balaban J connectivity index is 2.80. The SMILES string of the molecule is COC(=O)[C@@H](C)[C@@H](O)c1ccc(F)cc1. The Morgan fingerprint density at radius 3 is 2.40 bits per heavy atom. The minimum Gasteiger partial charge on any atom is -0.469 e. The normalized spacial score (nSPS) is 14.4. The summed E-state index contributed by atoms with van der Waals surface area (Å²) < 4.78 is 17.1. The molecule has 0 amide bonds. The quantitative estimate of drug-likeness (QED) is 0.775. The summed E-state index contributed by atoms with van der Waals surface area (Å²) in [5.74, 6) is -1.54. The van der Waals surface area contributed by atoms with Gasteiger partial charge in [0.2, 0.25) is 0 Å². The van der Waals surface area contributed by atoms with Gasteiger partial charge in [-0.3, -0.25) is 4.79 Å². The third-order valence-electron chi connectivity index (χ3n) is 2.26. The second-order valence-electron chi connectivity index (χ2n) is 3.31. The van der Waals surface area contributed by atoms with E-state index in [1.54, 1.807) is 6.92 Å². The fourth-order valence-electron chi connectivity index (χ4n) is 1.26. The van der Waals surface area contributed by atoms with Crippen LogP contribution in [0.25, 0.3) is 0 Å². The molecule has 0 aliphatic carbocycles. The molecule has 0 aromatic heterocycles. The zero-order valence-electron chi connectivity index (χ0n) is 8.61. The number of aliphatic hydroxyl groups excluding tert-OH is 1. The van der Waals surface area contributed by atoms with Gasteiger partial charge in [0, 0.05) is 0 Å². The van der Waals surface area contributed by atoms with Crippen molar-refractivity contribution in [2.24, 2.45) is 5.92 Å². The molecule has 1 aromatic carbocycles. The number of ether oxygens (including phenoxy) is 1. The van der Waals surface area contributed by atoms with Gasteiger partial charge in [0.15, 0.2) is 0 Å². The molecule has 1 N–H and O–H groups in total. The molecule has 0 radical (unpaired) electrons. The highest BCUT2D eigenvalue weighted by Crippen LogP contribution is 2.22. The average Bonchev–Trinajstić information content (AvgIpc) is 2.27. The highest BCUT2D eigenvalue weighted by molar-refractivity contribution is 5.72. The number of esters is 1. The van der Waals surface area contributed by atoms with Crippen LogP contribution in [0.5, 0.6) is 0 Å². The number of halogens is 1. The molecule has 0 saturated carbocycles. The molecule has 3 nitrogen and oxygen atoms in total. The van der Waals surface area contributed by atoms with Crippen molar-refractivity contribution in [1.29, 1.82) is 0 Å². The van der Waals surface area contributed by atoms with Crippen molar-refractivity contribution in [3.05, 3.63) is 35.6 Å². The van der Waals surface area contributed by atoms with Crippen LogP contribution < -0.4 is 0 Å². The van der Waals surface area contributed by atoms with Crippen LogP contribution in [0.2, 0.25) is 0 Å². The first kappa shape index (κ1) is 11.7. The van der Waals surface area contributed by atoms with Crippen molar-refractivity contribution in [2.45, 2.75) is 13.0 Å². The van der Waals surface area contributed by atoms with Gasteiger partial charge in [0.25, 0.3) is 0 Å². The Morgan fingerprint density at radius 2 is 1.93 bits per heavy atom. The van der Waals surface area contributed by atoms with E-state index in [2.05, 4.69) is 4.74 Å². The Hall–Kier alpha value is -1.42. The molecular weight excluding hydrogens is 199 g/mol. The van der Waals surface area contributed by atoms with Crippen LogP contribution in [-0.4, -0.2) is 18.2 Å². The maximum absolute atomic E-state index is 12.6. The van der Waals surface area contributed by atoms with Crippen LogP contribution in [-0.2, 0) is 9.53 Å². The van der Waals surface area contributed by atoms with Crippen LogP contribution in [0.3, 0.4) is 0 Å². The van der Waals surface area contributed by atoms with Gasteiger partial charge >= 0.3 is 5.97 Å². The zero-order valence-corrected chi connectivity index (χ0v) is 8.61. The molecule has 0 heterocycles. The molecule has 4 heteroatoms. The van der Waals surface area contributed by atoms with Crippen molar-refractivity contribution in [2.75, 3.05) is 7.11 Å². The third-order valence-corrected chi connectivity index (χ3v) is 2.26. The van der Waals surface area contributed by atoms with Crippen molar-refractivity contribution in [1.82, 2.24) is 0 Å². The smallest absolute Gasteiger partial charge is 0.311 e. The Labute approximate surface area is 87.5 Å². The number of hydrogen-bond donors (Lipinski definition) is 1. The molecule has 82 valence electrons. The molecule has 0 saturated heterocycles. The summed E-state index contributed by atoms with van der Waals surface area (Å²) in [6.07, 6.45) is -0.974. The average molecular weight is 212 g/mol. The fourth-order valence-corrected chi connectivity index (χ4v) is 1.26. The summed E-state index contributed by atoms with van der Waals surface area (Å²) in [7, 11) is 1.26. The first-order valence-corrected chi connectivity index (χ1v) is 4.57. The van der Waals surface area contributed by atoms with Gasteiger partial charge < -0.3 is 9.84 Å². The number of aliphatic hydroxyl groups is 1. The van der Waals surface area contributed by atoms with E-state index in [-0.39, 0.29) is 5.82 Å². The van der Waals surface area contributed by atoms with Crippen LogP contribution >= 0.6 is 0 Å². The van der Waals surface area contributed by atoms with Crippen molar-refractivity contribution in [3.63, 3.8) is 0 Å². The fraction of sp³-hybridized carbons (Fsp3) is 0.364. The van der Waals surface area contributed by atoms with Crippen molar-refractivity contribution in [3.8, 4) is 0 Å². The Morgan fingerprint density at radius 1 is 1.40 bits per heavy atom. The standard InChI is InChI=1S/C11H13FO3/c1-7(11(14)15-2)10(13)8-3-5-9(12)6-4-8/h3-7,10,13H,1-2H3/t7-,10+/m0/s1. The molecule has 0 spiro atoms. The molecule has 15 heavy (non-hydrogen) atoms. The topological polar surface area (TPSA) is 46.5 Å². The van der Waals surface area contributed by atoms with E-state index in [0.717, 1.165) is 0 Å². The van der Waals surface area contributed by atoms with E-state index in [4.69, 9.17) is 0 Å². The number of hydrogen-bond acceptors (Lipinski definition) is 3. The second-order valence-corrected chi connectivity index (χ2v) is 3.31. The van der Waals surface area contributed by atoms with Gasteiger partial charge in [0.05, 0.1) is 19.1 Å². The summed E-state index contributed by atoms with van der Waals surface area (Å²) in [4.78, 5) is 11.1. The van der Waals surface area contributed by atoms with Gasteiger partial charge in [-0.2, -0.15) is 0 Å². The summed E-state index contributed by atoms with van der Waals surface area (Å²) in [6, 6.07) is 5.37. The number of carbonyl (C=O) groups is 1.